The highest BCUT2D eigenvalue weighted by Crippen LogP contribution is 2.18. The van der Waals surface area contributed by atoms with Crippen molar-refractivity contribution in [2.45, 2.75) is 6.54 Å². The van der Waals surface area contributed by atoms with Crippen LogP contribution in [0, 0.1) is 5.82 Å². The fourth-order valence-corrected chi connectivity index (χ4v) is 2.75. The molecule has 4 aromatic rings. The third kappa shape index (κ3) is 3.04. The Kier molecular flexibility index (Phi) is 4.15. The molecule has 0 amide bonds. The van der Waals surface area contributed by atoms with Crippen LogP contribution in [-0.4, -0.2) is 14.6 Å². The summed E-state index contributed by atoms with van der Waals surface area (Å²) in [6, 6.07) is 16.8. The second-order valence-corrected chi connectivity index (χ2v) is 5.80. The van der Waals surface area contributed by atoms with Crippen LogP contribution in [0.4, 0.5) is 4.39 Å². The number of nitrogens with one attached hydrogen (secondary N) is 1. The summed E-state index contributed by atoms with van der Waals surface area (Å²) in [5.41, 5.74) is 5.07. The molecule has 0 radical (unpaired) electrons. The van der Waals surface area contributed by atoms with Crippen LogP contribution in [0.2, 0.25) is 0 Å². The second kappa shape index (κ2) is 6.76. The second-order valence-electron chi connectivity index (χ2n) is 5.80. The molecule has 0 aliphatic heterocycles. The summed E-state index contributed by atoms with van der Waals surface area (Å²) in [5, 5.41) is 0.511. The number of hydrogen-bond donors (Lipinski definition) is 1. The molecule has 0 fully saturated rings. The molecule has 5 nitrogen and oxygen atoms in total. The van der Waals surface area contributed by atoms with Gasteiger partial charge in [-0.15, -0.1) is 0 Å². The van der Waals surface area contributed by atoms with Crippen molar-refractivity contribution >= 4 is 10.9 Å². The first-order chi connectivity index (χ1) is 12.7. The third-order valence-corrected chi connectivity index (χ3v) is 4.04. The van der Waals surface area contributed by atoms with Crippen LogP contribution < -0.4 is 11.0 Å². The van der Waals surface area contributed by atoms with Crippen molar-refractivity contribution in [2.75, 3.05) is 5.43 Å². The van der Waals surface area contributed by atoms with Gasteiger partial charge in [-0.3, -0.25) is 9.78 Å². The zero-order chi connectivity index (χ0) is 17.9. The Hall–Kier alpha value is -3.54. The first-order valence-corrected chi connectivity index (χ1v) is 8.13. The summed E-state index contributed by atoms with van der Waals surface area (Å²) in [4.78, 5) is 21.7. The van der Waals surface area contributed by atoms with E-state index in [0.29, 0.717) is 28.8 Å². The predicted molar refractivity (Wildman–Crippen MR) is 98.7 cm³/mol. The number of hydrogen-bond acceptors (Lipinski definition) is 4. The van der Waals surface area contributed by atoms with Gasteiger partial charge in [0, 0.05) is 18.0 Å². The van der Waals surface area contributed by atoms with E-state index in [1.807, 2.05) is 18.2 Å². The van der Waals surface area contributed by atoms with Crippen LogP contribution in [0.15, 0.2) is 77.9 Å². The maximum Gasteiger partial charge on any atom is 0.280 e. The maximum atomic E-state index is 13.3. The summed E-state index contributed by atoms with van der Waals surface area (Å²) in [5.74, 6) is 0.0874. The van der Waals surface area contributed by atoms with Gasteiger partial charge < -0.3 is 5.43 Å². The number of para-hydroxylation sites is 1. The van der Waals surface area contributed by atoms with E-state index in [2.05, 4.69) is 15.4 Å². The number of benzene rings is 2. The first kappa shape index (κ1) is 16.0. The van der Waals surface area contributed by atoms with Crippen LogP contribution >= 0.6 is 0 Å². The van der Waals surface area contributed by atoms with Crippen molar-refractivity contribution in [3.05, 3.63) is 94.8 Å². The van der Waals surface area contributed by atoms with E-state index in [4.69, 9.17) is 0 Å². The smallest absolute Gasteiger partial charge is 0.280 e. The zero-order valence-electron chi connectivity index (χ0n) is 13.8. The Bertz CT molecular complexity index is 1110. The fraction of sp³-hybridized carbons (Fsp3) is 0.0500. The molecule has 2 aromatic carbocycles. The zero-order valence-corrected chi connectivity index (χ0v) is 13.8. The molecular weight excluding hydrogens is 331 g/mol. The number of rotatable bonds is 4. The van der Waals surface area contributed by atoms with Gasteiger partial charge in [-0.25, -0.2) is 14.1 Å². The van der Waals surface area contributed by atoms with Gasteiger partial charge in [-0.05, 0) is 48.0 Å². The van der Waals surface area contributed by atoms with Crippen LogP contribution in [-0.2, 0) is 6.54 Å². The lowest BCUT2D eigenvalue weighted by molar-refractivity contribution is 0.628. The third-order valence-electron chi connectivity index (χ3n) is 4.04. The molecule has 0 saturated heterocycles. The molecular formula is C20H15FN4O. The van der Waals surface area contributed by atoms with Crippen molar-refractivity contribution in [3.8, 4) is 11.4 Å². The highest BCUT2D eigenvalue weighted by atomic mass is 19.1. The Morgan fingerprint density at radius 2 is 1.81 bits per heavy atom. The molecule has 4 rings (SSSR count). The SMILES string of the molecule is O=c1c2ccccc2nc(-c2ccc(F)cc2)n1NCc1cccnc1. The average Bonchev–Trinajstić information content (AvgIpc) is 2.69. The van der Waals surface area contributed by atoms with Crippen LogP contribution in [0.5, 0.6) is 0 Å². The molecule has 0 saturated carbocycles. The van der Waals surface area contributed by atoms with Gasteiger partial charge in [0.15, 0.2) is 5.82 Å². The van der Waals surface area contributed by atoms with E-state index >= 15 is 0 Å². The molecule has 1 N–H and O–H groups in total. The maximum absolute atomic E-state index is 13.3. The highest BCUT2D eigenvalue weighted by Gasteiger charge is 2.13. The van der Waals surface area contributed by atoms with Crippen LogP contribution in [0.25, 0.3) is 22.3 Å². The normalized spacial score (nSPS) is 10.8. The number of pyridine rings is 1. The minimum Gasteiger partial charge on any atom is -0.317 e. The van der Waals surface area contributed by atoms with E-state index in [1.165, 1.54) is 16.8 Å². The van der Waals surface area contributed by atoms with Gasteiger partial charge in [0.1, 0.15) is 5.82 Å². The van der Waals surface area contributed by atoms with E-state index in [-0.39, 0.29) is 11.4 Å². The summed E-state index contributed by atoms with van der Waals surface area (Å²) >= 11 is 0. The van der Waals surface area contributed by atoms with Gasteiger partial charge in [-0.2, -0.15) is 0 Å². The molecule has 0 aliphatic carbocycles. The highest BCUT2D eigenvalue weighted by molar-refractivity contribution is 5.79. The molecule has 0 atom stereocenters. The topological polar surface area (TPSA) is 59.8 Å². The molecule has 0 aliphatic rings. The lowest BCUT2D eigenvalue weighted by atomic mass is 10.2. The van der Waals surface area contributed by atoms with Gasteiger partial charge in [0.2, 0.25) is 0 Å². The van der Waals surface area contributed by atoms with Crippen molar-refractivity contribution in [1.29, 1.82) is 0 Å². The van der Waals surface area contributed by atoms with Crippen molar-refractivity contribution < 1.29 is 4.39 Å². The predicted octanol–water partition coefficient (Wildman–Crippen LogP) is 3.34. The Balaban J connectivity index is 1.85. The van der Waals surface area contributed by atoms with E-state index in [1.54, 1.807) is 42.7 Å². The number of aromatic nitrogens is 3. The average molecular weight is 346 g/mol. The minimum absolute atomic E-state index is 0.209. The number of nitrogens with zero attached hydrogens (tertiary/aromatic N) is 3. The molecule has 26 heavy (non-hydrogen) atoms. The van der Waals surface area contributed by atoms with Crippen LogP contribution in [0.1, 0.15) is 5.56 Å². The largest absolute Gasteiger partial charge is 0.317 e. The molecule has 0 unspecified atom stereocenters. The quantitative estimate of drug-likeness (QED) is 0.616. The van der Waals surface area contributed by atoms with Gasteiger partial charge >= 0.3 is 0 Å². The Morgan fingerprint density at radius 1 is 1.00 bits per heavy atom. The minimum atomic E-state index is -0.341. The molecule has 2 aromatic heterocycles. The van der Waals surface area contributed by atoms with E-state index in [9.17, 15) is 9.18 Å². The molecule has 6 heteroatoms. The standard InChI is InChI=1S/C20H15FN4O/c21-16-9-7-15(8-10-16)19-24-18-6-2-1-5-17(18)20(26)25(19)23-13-14-4-3-11-22-12-14/h1-12,23H,13H2. The molecule has 0 spiro atoms. The van der Waals surface area contributed by atoms with Crippen molar-refractivity contribution in [2.24, 2.45) is 0 Å². The van der Waals surface area contributed by atoms with Crippen LogP contribution in [0.3, 0.4) is 0 Å². The lowest BCUT2D eigenvalue weighted by Gasteiger charge is -2.15. The van der Waals surface area contributed by atoms with E-state index < -0.39 is 0 Å². The summed E-state index contributed by atoms with van der Waals surface area (Å²) < 4.78 is 14.7. The van der Waals surface area contributed by atoms with Crippen molar-refractivity contribution in [3.63, 3.8) is 0 Å². The molecule has 128 valence electrons. The number of halogens is 1. The molecule has 2 heterocycles. The molecule has 0 bridgehead atoms. The monoisotopic (exact) mass is 346 g/mol. The van der Waals surface area contributed by atoms with E-state index in [0.717, 1.165) is 5.56 Å². The fourth-order valence-electron chi connectivity index (χ4n) is 2.75. The Morgan fingerprint density at radius 3 is 2.58 bits per heavy atom. The summed E-state index contributed by atoms with van der Waals surface area (Å²) in [7, 11) is 0. The van der Waals surface area contributed by atoms with Gasteiger partial charge in [0.05, 0.1) is 17.4 Å². The lowest BCUT2D eigenvalue weighted by Crippen LogP contribution is -2.31. The van der Waals surface area contributed by atoms with Crippen molar-refractivity contribution in [1.82, 2.24) is 14.6 Å². The number of fused-ring (bicyclic) bond motifs is 1. The summed E-state index contributed by atoms with van der Waals surface area (Å²) in [6.07, 6.45) is 3.42. The first-order valence-electron chi connectivity index (χ1n) is 8.13. The van der Waals surface area contributed by atoms with Gasteiger partial charge in [-0.1, -0.05) is 18.2 Å². The Labute approximate surface area is 148 Å². The van der Waals surface area contributed by atoms with Gasteiger partial charge in [0.25, 0.3) is 5.56 Å². The summed E-state index contributed by atoms with van der Waals surface area (Å²) in [6.45, 7) is 0.405.